The van der Waals surface area contributed by atoms with Gasteiger partial charge in [-0.05, 0) is 87.1 Å². The molecule has 2 aromatic rings. The highest BCUT2D eigenvalue weighted by molar-refractivity contribution is 7.93. The Labute approximate surface area is 172 Å². The number of anilines is 1. The van der Waals surface area contributed by atoms with E-state index in [0.717, 1.165) is 24.0 Å². The second-order valence-electron chi connectivity index (χ2n) is 7.64. The first-order valence-corrected chi connectivity index (χ1v) is 11.1. The maximum atomic E-state index is 13.8. The molecule has 0 spiro atoms. The van der Waals surface area contributed by atoms with Gasteiger partial charge in [0.2, 0.25) is 5.91 Å². The second kappa shape index (κ2) is 8.06. The minimum Gasteiger partial charge on any atom is -0.497 e. The molecule has 0 aliphatic heterocycles. The zero-order valence-corrected chi connectivity index (χ0v) is 18.4. The van der Waals surface area contributed by atoms with Crippen LogP contribution in [0.2, 0.25) is 0 Å². The lowest BCUT2D eigenvalue weighted by atomic mass is 10.0. The number of hydrogen-bond acceptors (Lipinski definition) is 4. The molecule has 7 heteroatoms. The smallest absolute Gasteiger partial charge is 0.265 e. The minimum atomic E-state index is -3.96. The van der Waals surface area contributed by atoms with E-state index in [4.69, 9.17) is 4.74 Å². The van der Waals surface area contributed by atoms with Crippen molar-refractivity contribution in [2.24, 2.45) is 0 Å². The molecule has 6 nitrogen and oxygen atoms in total. The zero-order chi connectivity index (χ0) is 21.3. The molecule has 0 radical (unpaired) electrons. The summed E-state index contributed by atoms with van der Waals surface area (Å²) in [5.74, 6) is 0.318. The van der Waals surface area contributed by atoms with Crippen LogP contribution in [0.4, 0.5) is 5.69 Å². The van der Waals surface area contributed by atoms with Crippen molar-refractivity contribution in [2.45, 2.75) is 51.5 Å². The summed E-state index contributed by atoms with van der Waals surface area (Å²) in [6.07, 6.45) is 1.88. The maximum absolute atomic E-state index is 13.8. The number of ether oxygens (including phenoxy) is 1. The number of benzene rings is 2. The zero-order valence-electron chi connectivity index (χ0n) is 17.6. The first-order valence-electron chi connectivity index (χ1n) is 9.68. The van der Waals surface area contributed by atoms with Gasteiger partial charge >= 0.3 is 0 Å². The van der Waals surface area contributed by atoms with Crippen molar-refractivity contribution in [3.8, 4) is 5.75 Å². The molecule has 156 valence electrons. The predicted octanol–water partition coefficient (Wildman–Crippen LogP) is 3.40. The van der Waals surface area contributed by atoms with Crippen LogP contribution < -0.4 is 14.4 Å². The maximum Gasteiger partial charge on any atom is 0.265 e. The highest BCUT2D eigenvalue weighted by atomic mass is 32.2. The van der Waals surface area contributed by atoms with Gasteiger partial charge in [0.1, 0.15) is 12.3 Å². The Kier molecular flexibility index (Phi) is 5.89. The lowest BCUT2D eigenvalue weighted by molar-refractivity contribution is -0.119. The number of hydrogen-bond donors (Lipinski definition) is 1. The minimum absolute atomic E-state index is 0.160. The largest absolute Gasteiger partial charge is 0.497 e. The Balaban J connectivity index is 2.09. The third-order valence-electron chi connectivity index (χ3n) is 5.44. The molecule has 29 heavy (non-hydrogen) atoms. The van der Waals surface area contributed by atoms with Crippen molar-refractivity contribution in [3.63, 3.8) is 0 Å². The van der Waals surface area contributed by atoms with Crippen LogP contribution in [0.25, 0.3) is 0 Å². The van der Waals surface area contributed by atoms with Crippen LogP contribution in [-0.4, -0.2) is 34.0 Å². The van der Waals surface area contributed by atoms with Gasteiger partial charge in [-0.15, -0.1) is 0 Å². The quantitative estimate of drug-likeness (QED) is 0.751. The number of aryl methyl sites for hydroxylation is 2. The Morgan fingerprint density at radius 2 is 1.62 bits per heavy atom. The molecule has 1 aliphatic rings. The summed E-state index contributed by atoms with van der Waals surface area (Å²) in [6.45, 7) is 7.16. The monoisotopic (exact) mass is 416 g/mol. The molecule has 1 saturated carbocycles. The molecule has 1 amide bonds. The van der Waals surface area contributed by atoms with Crippen molar-refractivity contribution < 1.29 is 17.9 Å². The third kappa shape index (κ3) is 4.40. The van der Waals surface area contributed by atoms with E-state index in [0.29, 0.717) is 22.6 Å². The third-order valence-corrected chi connectivity index (χ3v) is 7.48. The SMILES string of the molecule is COc1ccc(N(CC(=O)NC2CC2)S(=O)(=O)c2c(C)c(C)cc(C)c2C)cc1. The second-order valence-corrected chi connectivity index (χ2v) is 9.44. The fourth-order valence-electron chi connectivity index (χ4n) is 3.37. The molecule has 0 bridgehead atoms. The molecule has 1 fully saturated rings. The number of nitrogens with zero attached hydrogens (tertiary/aromatic N) is 1. The Morgan fingerprint density at radius 3 is 2.10 bits per heavy atom. The van der Waals surface area contributed by atoms with E-state index in [-0.39, 0.29) is 23.4 Å². The fraction of sp³-hybridized carbons (Fsp3) is 0.409. The van der Waals surface area contributed by atoms with Gasteiger partial charge in [0.25, 0.3) is 10.0 Å². The standard InChI is InChI=1S/C22H28N2O4S/c1-14-12-15(2)17(4)22(16(14)3)29(26,27)24(13-21(25)23-18-6-7-18)19-8-10-20(28-5)11-9-19/h8-12,18H,6-7,13H2,1-5H3,(H,23,25). The Hall–Kier alpha value is -2.54. The van der Waals surface area contributed by atoms with Crippen molar-refractivity contribution >= 4 is 21.6 Å². The van der Waals surface area contributed by atoms with Gasteiger partial charge in [0, 0.05) is 6.04 Å². The van der Waals surface area contributed by atoms with Crippen molar-refractivity contribution in [3.05, 3.63) is 52.6 Å². The van der Waals surface area contributed by atoms with Gasteiger partial charge in [-0.1, -0.05) is 6.07 Å². The molecular weight excluding hydrogens is 388 g/mol. The summed E-state index contributed by atoms with van der Waals surface area (Å²) in [7, 11) is -2.41. The average molecular weight is 417 g/mol. The van der Waals surface area contributed by atoms with Crippen LogP contribution in [0.3, 0.4) is 0 Å². The lowest BCUT2D eigenvalue weighted by Gasteiger charge is -2.27. The summed E-state index contributed by atoms with van der Waals surface area (Å²) >= 11 is 0. The molecular formula is C22H28N2O4S. The van der Waals surface area contributed by atoms with E-state index in [1.807, 2.05) is 33.8 Å². The molecule has 0 aromatic heterocycles. The highest BCUT2D eigenvalue weighted by Gasteiger charge is 2.32. The van der Waals surface area contributed by atoms with Crippen LogP contribution >= 0.6 is 0 Å². The average Bonchev–Trinajstić information content (AvgIpc) is 3.48. The van der Waals surface area contributed by atoms with Gasteiger partial charge in [0.15, 0.2) is 0 Å². The topological polar surface area (TPSA) is 75.7 Å². The number of carbonyl (C=O) groups excluding carboxylic acids is 1. The first-order chi connectivity index (χ1) is 13.6. The normalized spacial score (nSPS) is 13.8. The lowest BCUT2D eigenvalue weighted by Crippen LogP contribution is -2.42. The van der Waals surface area contributed by atoms with Gasteiger partial charge in [-0.25, -0.2) is 8.42 Å². The molecule has 1 aliphatic carbocycles. The van der Waals surface area contributed by atoms with E-state index in [1.54, 1.807) is 31.4 Å². The first kappa shape index (κ1) is 21.2. The van der Waals surface area contributed by atoms with Crippen LogP contribution in [0.5, 0.6) is 5.75 Å². The van der Waals surface area contributed by atoms with Crippen molar-refractivity contribution in [1.29, 1.82) is 0 Å². The number of rotatable bonds is 7. The Morgan fingerprint density at radius 1 is 1.07 bits per heavy atom. The molecule has 2 aromatic carbocycles. The van der Waals surface area contributed by atoms with Crippen molar-refractivity contribution in [1.82, 2.24) is 5.32 Å². The van der Waals surface area contributed by atoms with E-state index in [2.05, 4.69) is 5.32 Å². The van der Waals surface area contributed by atoms with E-state index in [9.17, 15) is 13.2 Å². The molecule has 3 rings (SSSR count). The number of sulfonamides is 1. The summed E-state index contributed by atoms with van der Waals surface area (Å²) in [6, 6.07) is 8.85. The number of methoxy groups -OCH3 is 1. The number of amides is 1. The molecule has 0 atom stereocenters. The number of nitrogens with one attached hydrogen (secondary N) is 1. The summed E-state index contributed by atoms with van der Waals surface area (Å²) < 4.78 is 33.9. The van der Waals surface area contributed by atoms with Gasteiger partial charge in [-0.2, -0.15) is 0 Å². The number of carbonyl (C=O) groups is 1. The van der Waals surface area contributed by atoms with Crippen LogP contribution in [0.1, 0.15) is 35.1 Å². The van der Waals surface area contributed by atoms with Gasteiger partial charge in [-0.3, -0.25) is 9.10 Å². The summed E-state index contributed by atoms with van der Waals surface area (Å²) in [5.41, 5.74) is 3.64. The summed E-state index contributed by atoms with van der Waals surface area (Å²) in [4.78, 5) is 12.8. The van der Waals surface area contributed by atoms with Crippen molar-refractivity contribution in [2.75, 3.05) is 18.0 Å². The van der Waals surface area contributed by atoms with Crippen LogP contribution in [-0.2, 0) is 14.8 Å². The molecule has 0 saturated heterocycles. The predicted molar refractivity (Wildman–Crippen MR) is 114 cm³/mol. The molecule has 1 N–H and O–H groups in total. The van der Waals surface area contributed by atoms with E-state index in [1.165, 1.54) is 4.31 Å². The van der Waals surface area contributed by atoms with Gasteiger partial charge < -0.3 is 10.1 Å². The molecule has 0 unspecified atom stereocenters. The highest BCUT2D eigenvalue weighted by Crippen LogP contribution is 2.32. The fourth-order valence-corrected chi connectivity index (χ4v) is 5.38. The molecule has 0 heterocycles. The van der Waals surface area contributed by atoms with E-state index < -0.39 is 10.0 Å². The van der Waals surface area contributed by atoms with E-state index >= 15 is 0 Å². The van der Waals surface area contributed by atoms with Crippen LogP contribution in [0, 0.1) is 27.7 Å². The Bertz CT molecular complexity index is 1000. The van der Waals surface area contributed by atoms with Crippen LogP contribution in [0.15, 0.2) is 35.2 Å². The van der Waals surface area contributed by atoms with Gasteiger partial charge in [0.05, 0.1) is 17.7 Å². The summed E-state index contributed by atoms with van der Waals surface area (Å²) in [5, 5.41) is 2.88.